The molecule has 0 saturated carbocycles. The molecule has 27 heavy (non-hydrogen) atoms. The molecule has 0 amide bonds. The summed E-state index contributed by atoms with van der Waals surface area (Å²) in [7, 11) is 0. The van der Waals surface area contributed by atoms with Crippen LogP contribution < -0.4 is 5.56 Å². The van der Waals surface area contributed by atoms with E-state index in [0.717, 1.165) is 48.3 Å². The summed E-state index contributed by atoms with van der Waals surface area (Å²) >= 11 is 0. The van der Waals surface area contributed by atoms with E-state index in [1.54, 1.807) is 0 Å². The molecule has 2 aromatic carbocycles. The molecule has 0 saturated heterocycles. The van der Waals surface area contributed by atoms with Gasteiger partial charge in [0.25, 0.3) is 5.56 Å². The molecule has 3 nitrogen and oxygen atoms in total. The molecular weight excluding hydrogens is 332 g/mol. The van der Waals surface area contributed by atoms with Gasteiger partial charge >= 0.3 is 0 Å². The van der Waals surface area contributed by atoms with Crippen LogP contribution in [0, 0.1) is 24.7 Å². The summed E-state index contributed by atoms with van der Waals surface area (Å²) in [5, 5.41) is 0.689. The number of hydrogen-bond donors (Lipinski definition) is 0. The Balaban J connectivity index is 1.71. The molecular formula is C24H24N2O. The van der Waals surface area contributed by atoms with E-state index in [0.29, 0.717) is 11.3 Å². The number of aryl methyl sites for hydroxylation is 2. The van der Waals surface area contributed by atoms with Crippen molar-refractivity contribution in [2.75, 3.05) is 0 Å². The van der Waals surface area contributed by atoms with Gasteiger partial charge in [0, 0.05) is 24.1 Å². The number of benzene rings is 2. The highest BCUT2D eigenvalue weighted by atomic mass is 16.1. The molecule has 3 heteroatoms. The van der Waals surface area contributed by atoms with Crippen LogP contribution in [0.25, 0.3) is 10.9 Å². The van der Waals surface area contributed by atoms with Gasteiger partial charge in [-0.05, 0) is 56.0 Å². The summed E-state index contributed by atoms with van der Waals surface area (Å²) in [4.78, 5) is 17.8. The Bertz CT molecular complexity index is 1100. The first-order valence-electron chi connectivity index (χ1n) is 9.76. The van der Waals surface area contributed by atoms with E-state index in [1.165, 1.54) is 12.0 Å². The minimum Gasteiger partial charge on any atom is -0.296 e. The zero-order valence-corrected chi connectivity index (χ0v) is 16.0. The molecule has 0 aliphatic carbocycles. The van der Waals surface area contributed by atoms with E-state index in [4.69, 9.17) is 4.98 Å². The molecule has 0 radical (unpaired) electrons. The minimum absolute atomic E-state index is 0.0878. The maximum atomic E-state index is 12.9. The summed E-state index contributed by atoms with van der Waals surface area (Å²) in [5.41, 5.74) is 3.95. The van der Waals surface area contributed by atoms with Crippen molar-refractivity contribution in [1.29, 1.82) is 0 Å². The first-order valence-corrected chi connectivity index (χ1v) is 9.76. The van der Waals surface area contributed by atoms with Gasteiger partial charge in [0.15, 0.2) is 0 Å². The number of fused-ring (bicyclic) bond motifs is 2. The van der Waals surface area contributed by atoms with E-state index >= 15 is 0 Å². The van der Waals surface area contributed by atoms with E-state index in [2.05, 4.69) is 37.8 Å². The van der Waals surface area contributed by atoms with Crippen molar-refractivity contribution < 1.29 is 0 Å². The lowest BCUT2D eigenvalue weighted by atomic mass is 9.98. The second kappa shape index (κ2) is 7.40. The standard InChI is InChI=1S/C24H24N2O/c1-3-18-11-13-23-25-22-16-20(9-8-19-6-4-17(2)5-7-19)10-12-21(22)24(27)26(23)15-14-18/h4-7,10,12,16,18H,3,11,13-15H2,1-2H3. The molecule has 0 spiro atoms. The van der Waals surface area contributed by atoms with Crippen molar-refractivity contribution in [2.45, 2.75) is 46.1 Å². The van der Waals surface area contributed by atoms with Crippen LogP contribution in [0.5, 0.6) is 0 Å². The van der Waals surface area contributed by atoms with Crippen LogP contribution in [-0.4, -0.2) is 9.55 Å². The Kier molecular flexibility index (Phi) is 4.81. The lowest BCUT2D eigenvalue weighted by Gasteiger charge is -2.10. The van der Waals surface area contributed by atoms with Crippen molar-refractivity contribution >= 4 is 10.9 Å². The lowest BCUT2D eigenvalue weighted by Crippen LogP contribution is -2.24. The second-order valence-electron chi connectivity index (χ2n) is 7.43. The molecule has 1 aliphatic heterocycles. The third kappa shape index (κ3) is 3.66. The fourth-order valence-corrected chi connectivity index (χ4v) is 3.74. The van der Waals surface area contributed by atoms with Gasteiger partial charge in [-0.2, -0.15) is 0 Å². The highest BCUT2D eigenvalue weighted by Gasteiger charge is 2.18. The van der Waals surface area contributed by atoms with Crippen molar-refractivity contribution in [2.24, 2.45) is 5.92 Å². The molecule has 4 rings (SSSR count). The molecule has 3 aromatic rings. The Morgan fingerprint density at radius 2 is 1.81 bits per heavy atom. The third-order valence-corrected chi connectivity index (χ3v) is 5.55. The molecule has 0 N–H and O–H groups in total. The van der Waals surface area contributed by atoms with Crippen molar-refractivity contribution in [3.63, 3.8) is 0 Å². The molecule has 1 aromatic heterocycles. The first-order chi connectivity index (χ1) is 13.1. The average Bonchev–Trinajstić information content (AvgIpc) is 2.90. The van der Waals surface area contributed by atoms with E-state index in [9.17, 15) is 4.79 Å². The van der Waals surface area contributed by atoms with Crippen molar-refractivity contribution in [1.82, 2.24) is 9.55 Å². The topological polar surface area (TPSA) is 34.9 Å². The number of nitrogens with zero attached hydrogens (tertiary/aromatic N) is 2. The predicted molar refractivity (Wildman–Crippen MR) is 110 cm³/mol. The van der Waals surface area contributed by atoms with E-state index in [-0.39, 0.29) is 5.56 Å². The van der Waals surface area contributed by atoms with E-state index in [1.807, 2.05) is 34.9 Å². The van der Waals surface area contributed by atoms with Crippen LogP contribution >= 0.6 is 0 Å². The first kappa shape index (κ1) is 17.5. The zero-order valence-electron chi connectivity index (χ0n) is 16.0. The smallest absolute Gasteiger partial charge is 0.261 e. The van der Waals surface area contributed by atoms with Gasteiger partial charge in [-0.15, -0.1) is 0 Å². The SMILES string of the molecule is CCC1CCc2nc3cc(C#Cc4ccc(C)cc4)ccc3c(=O)n2CC1. The van der Waals surface area contributed by atoms with Gasteiger partial charge in [-0.3, -0.25) is 9.36 Å². The van der Waals surface area contributed by atoms with Crippen LogP contribution in [0.2, 0.25) is 0 Å². The Hall–Kier alpha value is -2.86. The molecule has 0 fully saturated rings. The molecule has 0 bridgehead atoms. The lowest BCUT2D eigenvalue weighted by molar-refractivity contribution is 0.432. The average molecular weight is 356 g/mol. The fraction of sp³-hybridized carbons (Fsp3) is 0.333. The highest BCUT2D eigenvalue weighted by Crippen LogP contribution is 2.22. The van der Waals surface area contributed by atoms with Gasteiger partial charge < -0.3 is 0 Å². The Morgan fingerprint density at radius 1 is 1.07 bits per heavy atom. The number of aromatic nitrogens is 2. The second-order valence-corrected chi connectivity index (χ2v) is 7.43. The minimum atomic E-state index is 0.0878. The fourth-order valence-electron chi connectivity index (χ4n) is 3.74. The van der Waals surface area contributed by atoms with Crippen LogP contribution in [0.15, 0.2) is 47.3 Å². The Labute approximate surface area is 160 Å². The van der Waals surface area contributed by atoms with Crippen molar-refractivity contribution in [3.05, 3.63) is 75.3 Å². The highest BCUT2D eigenvalue weighted by molar-refractivity contribution is 5.79. The summed E-state index contributed by atoms with van der Waals surface area (Å²) in [6, 6.07) is 13.9. The summed E-state index contributed by atoms with van der Waals surface area (Å²) < 4.78 is 1.88. The molecule has 2 heterocycles. The molecule has 136 valence electrons. The third-order valence-electron chi connectivity index (χ3n) is 5.55. The maximum Gasteiger partial charge on any atom is 0.261 e. The number of rotatable bonds is 1. The van der Waals surface area contributed by atoms with Gasteiger partial charge in [0.05, 0.1) is 10.9 Å². The van der Waals surface area contributed by atoms with Crippen LogP contribution in [-0.2, 0) is 13.0 Å². The number of hydrogen-bond acceptors (Lipinski definition) is 2. The van der Waals surface area contributed by atoms with Crippen LogP contribution in [0.3, 0.4) is 0 Å². The van der Waals surface area contributed by atoms with Gasteiger partial charge in [-0.25, -0.2) is 4.98 Å². The normalized spacial score (nSPS) is 16.3. The maximum absolute atomic E-state index is 12.9. The van der Waals surface area contributed by atoms with Crippen LogP contribution in [0.1, 0.15) is 48.7 Å². The van der Waals surface area contributed by atoms with Gasteiger partial charge in [0.1, 0.15) is 5.82 Å². The van der Waals surface area contributed by atoms with E-state index < -0.39 is 0 Å². The quantitative estimate of drug-likeness (QED) is 0.603. The zero-order chi connectivity index (χ0) is 18.8. The largest absolute Gasteiger partial charge is 0.296 e. The monoisotopic (exact) mass is 356 g/mol. The summed E-state index contributed by atoms with van der Waals surface area (Å²) in [5.74, 6) is 8.00. The summed E-state index contributed by atoms with van der Waals surface area (Å²) in [6.45, 7) is 5.08. The Morgan fingerprint density at radius 3 is 2.59 bits per heavy atom. The molecule has 1 atom stereocenters. The van der Waals surface area contributed by atoms with Gasteiger partial charge in [-0.1, -0.05) is 42.9 Å². The van der Waals surface area contributed by atoms with Gasteiger partial charge in [0.2, 0.25) is 0 Å². The van der Waals surface area contributed by atoms with Crippen LogP contribution in [0.4, 0.5) is 0 Å². The predicted octanol–water partition coefficient (Wildman–Crippen LogP) is 4.47. The summed E-state index contributed by atoms with van der Waals surface area (Å²) in [6.07, 6.45) is 4.22. The molecule has 1 aliphatic rings. The van der Waals surface area contributed by atoms with Crippen molar-refractivity contribution in [3.8, 4) is 11.8 Å². The molecule has 1 unspecified atom stereocenters.